The van der Waals surface area contributed by atoms with Gasteiger partial charge in [-0.25, -0.2) is 0 Å². The summed E-state index contributed by atoms with van der Waals surface area (Å²) in [6.45, 7) is 14.7. The Kier molecular flexibility index (Phi) is 7.62. The van der Waals surface area contributed by atoms with Crippen LogP contribution in [0.5, 0.6) is 0 Å². The van der Waals surface area contributed by atoms with Crippen LogP contribution < -0.4 is 10.6 Å². The molecule has 3 aromatic rings. The first-order valence-electron chi connectivity index (χ1n) is 12.3. The van der Waals surface area contributed by atoms with Crippen molar-refractivity contribution in [1.29, 1.82) is 0 Å². The third-order valence-corrected chi connectivity index (χ3v) is 13.1. The van der Waals surface area contributed by atoms with Crippen LogP contribution >= 0.6 is 15.8 Å². The van der Waals surface area contributed by atoms with Crippen molar-refractivity contribution in [3.8, 4) is 0 Å². The summed E-state index contributed by atoms with van der Waals surface area (Å²) in [6.07, 6.45) is 6.35. The Labute approximate surface area is 209 Å². The summed E-state index contributed by atoms with van der Waals surface area (Å²) in [6, 6.07) is 33.3. The largest absolute Gasteiger partial charge is 0.0947 e. The molecule has 1 aliphatic rings. The predicted molar refractivity (Wildman–Crippen MR) is 156 cm³/mol. The Morgan fingerprint density at radius 3 is 1.50 bits per heavy atom. The highest BCUT2D eigenvalue weighted by molar-refractivity contribution is 7.77. The minimum atomic E-state index is -0.591. The summed E-state index contributed by atoms with van der Waals surface area (Å²) in [7, 11) is -0.797. The molecule has 0 aliphatic heterocycles. The molecule has 0 N–H and O–H groups in total. The minimum Gasteiger partial charge on any atom is -0.0947 e. The highest BCUT2D eigenvalue weighted by atomic mass is 31.1. The molecule has 2 heteroatoms. The Hall–Kier alpha value is -2.00. The second kappa shape index (κ2) is 10.3. The van der Waals surface area contributed by atoms with E-state index in [2.05, 4.69) is 145 Å². The molecule has 0 saturated heterocycles. The summed E-state index contributed by atoms with van der Waals surface area (Å²) in [5, 5.41) is 5.11. The number of hydrogen-bond donors (Lipinski definition) is 0. The van der Waals surface area contributed by atoms with E-state index in [1.54, 1.807) is 5.31 Å². The first-order chi connectivity index (χ1) is 16.1. The second-order valence-corrected chi connectivity index (χ2v) is 17.2. The van der Waals surface area contributed by atoms with Gasteiger partial charge in [0.25, 0.3) is 0 Å². The summed E-state index contributed by atoms with van der Waals surface area (Å²) in [4.78, 5) is 0. The third kappa shape index (κ3) is 5.79. The molecule has 1 unspecified atom stereocenters. The fourth-order valence-electron chi connectivity index (χ4n) is 5.16. The first-order valence-corrected chi connectivity index (χ1v) is 15.2. The van der Waals surface area contributed by atoms with Gasteiger partial charge >= 0.3 is 0 Å². The van der Waals surface area contributed by atoms with Crippen LogP contribution in [0.15, 0.2) is 108 Å². The fourth-order valence-corrected chi connectivity index (χ4v) is 11.7. The first kappa shape index (κ1) is 25.1. The lowest BCUT2D eigenvalue weighted by atomic mass is 10.1. The van der Waals surface area contributed by atoms with Gasteiger partial charge in [-0.15, -0.1) is 0 Å². The van der Waals surface area contributed by atoms with E-state index in [-0.39, 0.29) is 7.92 Å². The Balaban J connectivity index is 1.84. The van der Waals surface area contributed by atoms with Gasteiger partial charge in [-0.05, 0) is 57.5 Å². The normalized spacial score (nSPS) is 16.6. The SMILES string of the molecule is CC(C)(C)P(CC1C=C(c2ccccc2)C=C1P(c1ccccc1)c1ccccc1)C(C)(C)C. The molecule has 0 heterocycles. The number of benzene rings is 3. The molecule has 1 aliphatic carbocycles. The van der Waals surface area contributed by atoms with Crippen molar-refractivity contribution in [3.63, 3.8) is 0 Å². The maximum Gasteiger partial charge on any atom is 0.00777 e. The highest BCUT2D eigenvalue weighted by Crippen LogP contribution is 2.63. The van der Waals surface area contributed by atoms with Crippen LogP contribution in [0.25, 0.3) is 5.57 Å². The fraction of sp³-hybridized carbons (Fsp3) is 0.312. The maximum absolute atomic E-state index is 2.58. The maximum atomic E-state index is 2.58. The van der Waals surface area contributed by atoms with Crippen molar-refractivity contribution >= 4 is 32.0 Å². The summed E-state index contributed by atoms with van der Waals surface area (Å²) in [5.74, 6) is 0.464. The highest BCUT2D eigenvalue weighted by Gasteiger charge is 2.38. The van der Waals surface area contributed by atoms with Crippen molar-refractivity contribution in [2.24, 2.45) is 5.92 Å². The van der Waals surface area contributed by atoms with E-state index in [0.29, 0.717) is 16.2 Å². The molecule has 176 valence electrons. The zero-order valence-electron chi connectivity index (χ0n) is 21.5. The van der Waals surface area contributed by atoms with Gasteiger partial charge in [0.05, 0.1) is 0 Å². The van der Waals surface area contributed by atoms with Crippen LogP contribution in [-0.4, -0.2) is 16.5 Å². The van der Waals surface area contributed by atoms with Gasteiger partial charge in [-0.3, -0.25) is 0 Å². The molecule has 0 fully saturated rings. The van der Waals surface area contributed by atoms with E-state index in [4.69, 9.17) is 0 Å². The van der Waals surface area contributed by atoms with Gasteiger partial charge in [-0.1, -0.05) is 147 Å². The van der Waals surface area contributed by atoms with Crippen molar-refractivity contribution < 1.29 is 0 Å². The van der Waals surface area contributed by atoms with E-state index < -0.39 is 7.92 Å². The van der Waals surface area contributed by atoms with Gasteiger partial charge in [0, 0.05) is 5.92 Å². The minimum absolute atomic E-state index is 0.206. The molecule has 1 atom stereocenters. The molecule has 0 saturated carbocycles. The average molecular weight is 485 g/mol. The summed E-state index contributed by atoms with van der Waals surface area (Å²) >= 11 is 0. The van der Waals surface area contributed by atoms with Crippen LogP contribution in [0.3, 0.4) is 0 Å². The van der Waals surface area contributed by atoms with Crippen molar-refractivity contribution in [2.45, 2.75) is 51.9 Å². The molecule has 34 heavy (non-hydrogen) atoms. The topological polar surface area (TPSA) is 0 Å². The molecule has 4 rings (SSSR count). The molecule has 0 spiro atoms. The lowest BCUT2D eigenvalue weighted by molar-refractivity contribution is 0.695. The smallest absolute Gasteiger partial charge is 0.00777 e. The second-order valence-electron chi connectivity index (χ2n) is 11.1. The van der Waals surface area contributed by atoms with E-state index in [1.807, 2.05) is 0 Å². The van der Waals surface area contributed by atoms with E-state index in [0.717, 1.165) is 0 Å². The quantitative estimate of drug-likeness (QED) is 0.307. The summed E-state index contributed by atoms with van der Waals surface area (Å²) in [5.41, 5.74) is 2.71. The van der Waals surface area contributed by atoms with Crippen LogP contribution in [0.2, 0.25) is 0 Å². The predicted octanol–water partition coefficient (Wildman–Crippen LogP) is 8.80. The zero-order valence-corrected chi connectivity index (χ0v) is 23.3. The van der Waals surface area contributed by atoms with Crippen LogP contribution in [0.1, 0.15) is 47.1 Å². The van der Waals surface area contributed by atoms with Gasteiger partial charge in [0.2, 0.25) is 0 Å². The Bertz CT molecular complexity index is 1080. The number of rotatable bonds is 6. The Morgan fingerprint density at radius 1 is 0.618 bits per heavy atom. The van der Waals surface area contributed by atoms with Gasteiger partial charge in [0.1, 0.15) is 0 Å². The third-order valence-electron chi connectivity index (χ3n) is 6.46. The molecule has 0 amide bonds. The van der Waals surface area contributed by atoms with Gasteiger partial charge in [-0.2, -0.15) is 0 Å². The lowest BCUT2D eigenvalue weighted by Gasteiger charge is -2.43. The molecular formula is C32H38P2. The molecule has 0 aromatic heterocycles. The number of allylic oxidation sites excluding steroid dienone is 4. The van der Waals surface area contributed by atoms with Crippen LogP contribution in [0.4, 0.5) is 0 Å². The zero-order chi connectivity index (χ0) is 24.3. The molecule has 3 aromatic carbocycles. The van der Waals surface area contributed by atoms with E-state index >= 15 is 0 Å². The van der Waals surface area contributed by atoms with Crippen molar-refractivity contribution in [1.82, 2.24) is 0 Å². The van der Waals surface area contributed by atoms with Gasteiger partial charge < -0.3 is 0 Å². The van der Waals surface area contributed by atoms with E-state index in [9.17, 15) is 0 Å². The van der Waals surface area contributed by atoms with Crippen molar-refractivity contribution in [2.75, 3.05) is 6.16 Å². The van der Waals surface area contributed by atoms with Crippen LogP contribution in [0, 0.1) is 5.92 Å². The van der Waals surface area contributed by atoms with Crippen molar-refractivity contribution in [3.05, 3.63) is 114 Å². The molecule has 0 bridgehead atoms. The molecule has 0 nitrogen and oxygen atoms in total. The van der Waals surface area contributed by atoms with Crippen LogP contribution in [-0.2, 0) is 0 Å². The van der Waals surface area contributed by atoms with E-state index in [1.165, 1.54) is 27.9 Å². The monoisotopic (exact) mass is 484 g/mol. The average Bonchev–Trinajstić information content (AvgIpc) is 3.22. The Morgan fingerprint density at radius 2 is 1.06 bits per heavy atom. The summed E-state index contributed by atoms with van der Waals surface area (Å²) < 4.78 is 0. The standard InChI is InChI=1S/C32H38P2/c1-31(2,3)33(32(4,5)6)24-27-22-26(25-16-10-7-11-17-25)23-30(27)34(28-18-12-8-13-19-28)29-20-14-9-15-21-29/h7-23,27H,24H2,1-6H3. The lowest BCUT2D eigenvalue weighted by Crippen LogP contribution is -2.29. The van der Waals surface area contributed by atoms with Gasteiger partial charge in [0.15, 0.2) is 0 Å². The molecule has 0 radical (unpaired) electrons. The number of hydrogen-bond acceptors (Lipinski definition) is 0. The molecular weight excluding hydrogens is 446 g/mol.